The van der Waals surface area contributed by atoms with Gasteiger partial charge < -0.3 is 5.32 Å². The first-order valence-electron chi connectivity index (χ1n) is 5.71. The van der Waals surface area contributed by atoms with Gasteiger partial charge in [-0.05, 0) is 24.5 Å². The van der Waals surface area contributed by atoms with E-state index in [4.69, 9.17) is 11.6 Å². The van der Waals surface area contributed by atoms with E-state index in [1.807, 2.05) is 12.1 Å². The third-order valence-electron chi connectivity index (χ3n) is 3.05. The summed E-state index contributed by atoms with van der Waals surface area (Å²) in [7, 11) is 0. The van der Waals surface area contributed by atoms with Crippen molar-refractivity contribution in [2.45, 2.75) is 32.1 Å². The quantitative estimate of drug-likeness (QED) is 0.789. The monoisotopic (exact) mass is 224 g/mol. The molecule has 3 heteroatoms. The van der Waals surface area contributed by atoms with Crippen LogP contribution in [0.3, 0.4) is 0 Å². The van der Waals surface area contributed by atoms with Gasteiger partial charge in [0.25, 0.3) is 0 Å². The summed E-state index contributed by atoms with van der Waals surface area (Å²) in [5, 5.41) is 3.87. The Morgan fingerprint density at radius 1 is 1.33 bits per heavy atom. The van der Waals surface area contributed by atoms with Gasteiger partial charge in [0.15, 0.2) is 0 Å². The molecule has 1 aromatic rings. The summed E-state index contributed by atoms with van der Waals surface area (Å²) in [6, 6.07) is 5.68. The predicted octanol–water partition coefficient (Wildman–Crippen LogP) is 3.73. The van der Waals surface area contributed by atoms with E-state index in [2.05, 4.69) is 10.3 Å². The second-order valence-electron chi connectivity index (χ2n) is 4.21. The van der Waals surface area contributed by atoms with E-state index >= 15 is 0 Å². The molecule has 0 aliphatic heterocycles. The SMILES string of the molecule is Clc1cccc(NCCC2CCCC2)n1. The maximum atomic E-state index is 5.80. The number of halogens is 1. The van der Waals surface area contributed by atoms with Gasteiger partial charge in [0.1, 0.15) is 11.0 Å². The van der Waals surface area contributed by atoms with Crippen LogP contribution in [0.5, 0.6) is 0 Å². The van der Waals surface area contributed by atoms with Crippen LogP contribution in [-0.2, 0) is 0 Å². The van der Waals surface area contributed by atoms with Crippen molar-refractivity contribution in [3.8, 4) is 0 Å². The third kappa shape index (κ3) is 3.38. The maximum Gasteiger partial charge on any atom is 0.131 e. The largest absolute Gasteiger partial charge is 0.370 e. The van der Waals surface area contributed by atoms with Crippen LogP contribution in [0.1, 0.15) is 32.1 Å². The second kappa shape index (κ2) is 5.36. The number of pyridine rings is 1. The summed E-state index contributed by atoms with van der Waals surface area (Å²) in [5.74, 6) is 1.82. The van der Waals surface area contributed by atoms with E-state index in [0.717, 1.165) is 18.3 Å². The van der Waals surface area contributed by atoms with Gasteiger partial charge in [-0.25, -0.2) is 4.98 Å². The van der Waals surface area contributed by atoms with E-state index in [1.165, 1.54) is 32.1 Å². The Balaban J connectivity index is 1.73. The highest BCUT2D eigenvalue weighted by Gasteiger charge is 2.13. The van der Waals surface area contributed by atoms with Crippen LogP contribution in [-0.4, -0.2) is 11.5 Å². The molecule has 0 radical (unpaired) electrons. The summed E-state index contributed by atoms with van der Waals surface area (Å²) < 4.78 is 0. The zero-order valence-electron chi connectivity index (χ0n) is 8.88. The maximum absolute atomic E-state index is 5.80. The minimum absolute atomic E-state index is 0.556. The smallest absolute Gasteiger partial charge is 0.131 e. The predicted molar refractivity (Wildman–Crippen MR) is 64.3 cm³/mol. The summed E-state index contributed by atoms with van der Waals surface area (Å²) in [4.78, 5) is 4.19. The van der Waals surface area contributed by atoms with Crippen LogP contribution in [0.25, 0.3) is 0 Å². The van der Waals surface area contributed by atoms with Crippen molar-refractivity contribution in [1.29, 1.82) is 0 Å². The van der Waals surface area contributed by atoms with Crippen molar-refractivity contribution in [1.82, 2.24) is 4.98 Å². The van der Waals surface area contributed by atoms with Gasteiger partial charge in [-0.15, -0.1) is 0 Å². The lowest BCUT2D eigenvalue weighted by Gasteiger charge is -2.10. The van der Waals surface area contributed by atoms with E-state index in [-0.39, 0.29) is 0 Å². The number of hydrogen-bond acceptors (Lipinski definition) is 2. The Hall–Kier alpha value is -0.760. The van der Waals surface area contributed by atoms with Gasteiger partial charge in [0.05, 0.1) is 0 Å². The molecule has 82 valence electrons. The molecule has 1 aromatic heterocycles. The van der Waals surface area contributed by atoms with Crippen LogP contribution in [0.2, 0.25) is 5.15 Å². The van der Waals surface area contributed by atoms with E-state index in [1.54, 1.807) is 6.07 Å². The van der Waals surface area contributed by atoms with E-state index in [0.29, 0.717) is 5.15 Å². The number of nitrogens with one attached hydrogen (secondary N) is 1. The van der Waals surface area contributed by atoms with Crippen LogP contribution in [0, 0.1) is 5.92 Å². The fourth-order valence-electron chi connectivity index (χ4n) is 2.21. The lowest BCUT2D eigenvalue weighted by molar-refractivity contribution is 0.518. The average molecular weight is 225 g/mol. The first kappa shape index (κ1) is 10.7. The molecule has 1 saturated carbocycles. The molecule has 1 aliphatic carbocycles. The second-order valence-corrected chi connectivity index (χ2v) is 4.60. The molecular weight excluding hydrogens is 208 g/mol. The Kier molecular flexibility index (Phi) is 3.84. The van der Waals surface area contributed by atoms with Crippen LogP contribution >= 0.6 is 11.6 Å². The molecule has 0 bridgehead atoms. The van der Waals surface area contributed by atoms with Gasteiger partial charge in [-0.3, -0.25) is 0 Å². The third-order valence-corrected chi connectivity index (χ3v) is 3.26. The first-order valence-corrected chi connectivity index (χ1v) is 6.09. The fraction of sp³-hybridized carbons (Fsp3) is 0.583. The highest BCUT2D eigenvalue weighted by molar-refractivity contribution is 6.29. The van der Waals surface area contributed by atoms with Gasteiger partial charge in [-0.1, -0.05) is 43.4 Å². The molecule has 1 N–H and O–H groups in total. The molecule has 0 aromatic carbocycles. The molecule has 0 amide bonds. The number of hydrogen-bond donors (Lipinski definition) is 1. The zero-order chi connectivity index (χ0) is 10.5. The van der Waals surface area contributed by atoms with Crippen LogP contribution in [0.4, 0.5) is 5.82 Å². The fourth-order valence-corrected chi connectivity index (χ4v) is 2.37. The van der Waals surface area contributed by atoms with Crippen LogP contribution in [0.15, 0.2) is 18.2 Å². The van der Waals surface area contributed by atoms with Crippen molar-refractivity contribution in [2.75, 3.05) is 11.9 Å². The van der Waals surface area contributed by atoms with E-state index < -0.39 is 0 Å². The van der Waals surface area contributed by atoms with Crippen molar-refractivity contribution < 1.29 is 0 Å². The standard InChI is InChI=1S/C12H17ClN2/c13-11-6-3-7-12(15-11)14-9-8-10-4-1-2-5-10/h3,6-7,10H,1-2,4-5,8-9H2,(H,14,15). The molecule has 2 rings (SSSR count). The van der Waals surface area contributed by atoms with Crippen molar-refractivity contribution in [3.05, 3.63) is 23.4 Å². The van der Waals surface area contributed by atoms with Crippen molar-refractivity contribution in [3.63, 3.8) is 0 Å². The molecule has 15 heavy (non-hydrogen) atoms. The molecule has 1 heterocycles. The topological polar surface area (TPSA) is 24.9 Å². The molecular formula is C12H17ClN2. The summed E-state index contributed by atoms with van der Waals surface area (Å²) in [5.41, 5.74) is 0. The summed E-state index contributed by atoms with van der Waals surface area (Å²) in [6.45, 7) is 1.01. The molecule has 0 saturated heterocycles. The van der Waals surface area contributed by atoms with E-state index in [9.17, 15) is 0 Å². The Morgan fingerprint density at radius 3 is 2.87 bits per heavy atom. The Morgan fingerprint density at radius 2 is 2.13 bits per heavy atom. The lowest BCUT2D eigenvalue weighted by Crippen LogP contribution is -2.07. The number of nitrogens with zero attached hydrogens (tertiary/aromatic N) is 1. The first-order chi connectivity index (χ1) is 7.34. The highest BCUT2D eigenvalue weighted by Crippen LogP contribution is 2.27. The van der Waals surface area contributed by atoms with Gasteiger partial charge in [-0.2, -0.15) is 0 Å². The van der Waals surface area contributed by atoms with Gasteiger partial charge in [0, 0.05) is 6.54 Å². The summed E-state index contributed by atoms with van der Waals surface area (Å²) >= 11 is 5.80. The zero-order valence-corrected chi connectivity index (χ0v) is 9.63. The normalized spacial score (nSPS) is 16.9. The number of rotatable bonds is 4. The van der Waals surface area contributed by atoms with Crippen LogP contribution < -0.4 is 5.32 Å². The summed E-state index contributed by atoms with van der Waals surface area (Å²) in [6.07, 6.45) is 6.91. The molecule has 1 aliphatic rings. The Labute approximate surface area is 96.1 Å². The van der Waals surface area contributed by atoms with Crippen molar-refractivity contribution in [2.24, 2.45) is 5.92 Å². The number of anilines is 1. The molecule has 0 spiro atoms. The lowest BCUT2D eigenvalue weighted by atomic mass is 10.0. The molecule has 2 nitrogen and oxygen atoms in total. The molecule has 1 fully saturated rings. The average Bonchev–Trinajstić information content (AvgIpc) is 2.71. The number of aromatic nitrogens is 1. The van der Waals surface area contributed by atoms with Crippen molar-refractivity contribution >= 4 is 17.4 Å². The highest BCUT2D eigenvalue weighted by atomic mass is 35.5. The van der Waals surface area contributed by atoms with Gasteiger partial charge in [0.2, 0.25) is 0 Å². The minimum atomic E-state index is 0.556. The molecule has 0 unspecified atom stereocenters. The Bertz CT molecular complexity index is 308. The van der Waals surface area contributed by atoms with Gasteiger partial charge >= 0.3 is 0 Å². The molecule has 0 atom stereocenters. The minimum Gasteiger partial charge on any atom is -0.370 e.